The van der Waals surface area contributed by atoms with E-state index in [4.69, 9.17) is 0 Å². The summed E-state index contributed by atoms with van der Waals surface area (Å²) in [5, 5.41) is 1.06. The lowest BCUT2D eigenvalue weighted by Crippen LogP contribution is -2.29. The second-order valence-corrected chi connectivity index (χ2v) is 9.51. The molecule has 0 radical (unpaired) electrons. The molecule has 3 heterocycles. The second-order valence-electron chi connectivity index (χ2n) is 7.72. The third kappa shape index (κ3) is 2.39. The molecule has 5 rings (SSSR count). The molecular formula is C23H24N2O2S. The molecule has 2 aliphatic heterocycles. The van der Waals surface area contributed by atoms with E-state index in [0.717, 1.165) is 60.2 Å². The summed E-state index contributed by atoms with van der Waals surface area (Å²) in [5.41, 5.74) is 6.41. The van der Waals surface area contributed by atoms with Gasteiger partial charge in [0.1, 0.15) is 0 Å². The van der Waals surface area contributed by atoms with E-state index in [1.54, 1.807) is 16.1 Å². The summed E-state index contributed by atoms with van der Waals surface area (Å²) < 4.78 is 29.2. The number of nitrogens with zero attached hydrogens (tertiary/aromatic N) is 2. The molecule has 0 bridgehead atoms. The standard InChI is InChI=1S/C23H24N2O2S/c1-3-17-12-14-24-15-13-20-19-6-4-5-7-21(19)25(23(20)22(17)24)28(26,27)18-10-8-16(2)9-11-18/h4-11H,3,12-15H2,1-2H3. The van der Waals surface area contributed by atoms with Gasteiger partial charge in [-0.05, 0) is 55.5 Å². The Kier molecular flexibility index (Phi) is 3.91. The van der Waals surface area contributed by atoms with Crippen LogP contribution in [-0.2, 0) is 16.4 Å². The van der Waals surface area contributed by atoms with Gasteiger partial charge >= 0.3 is 0 Å². The van der Waals surface area contributed by atoms with Crippen LogP contribution >= 0.6 is 0 Å². The molecule has 0 spiro atoms. The van der Waals surface area contributed by atoms with Crippen LogP contribution in [0.1, 0.15) is 36.6 Å². The lowest BCUT2D eigenvalue weighted by Gasteiger charge is -2.29. The first-order chi connectivity index (χ1) is 13.5. The van der Waals surface area contributed by atoms with Crippen LogP contribution in [0.25, 0.3) is 16.6 Å². The van der Waals surface area contributed by atoms with E-state index in [1.807, 2.05) is 37.3 Å². The number of aryl methyl sites for hydroxylation is 1. The normalized spacial score (nSPS) is 16.6. The first kappa shape index (κ1) is 17.6. The Morgan fingerprint density at radius 3 is 2.43 bits per heavy atom. The van der Waals surface area contributed by atoms with E-state index >= 15 is 0 Å². The monoisotopic (exact) mass is 392 g/mol. The molecule has 2 aromatic carbocycles. The summed E-state index contributed by atoms with van der Waals surface area (Å²) in [7, 11) is -3.69. The first-order valence-electron chi connectivity index (χ1n) is 9.94. The van der Waals surface area contributed by atoms with Crippen LogP contribution in [0, 0.1) is 6.92 Å². The van der Waals surface area contributed by atoms with Gasteiger partial charge in [0.05, 0.1) is 21.8 Å². The topological polar surface area (TPSA) is 42.3 Å². The summed E-state index contributed by atoms with van der Waals surface area (Å²) in [4.78, 5) is 2.72. The maximum absolute atomic E-state index is 13.8. The second kappa shape index (κ2) is 6.24. The molecule has 5 heteroatoms. The minimum atomic E-state index is -3.69. The van der Waals surface area contributed by atoms with Crippen molar-refractivity contribution in [2.75, 3.05) is 13.1 Å². The molecule has 144 valence electrons. The Balaban J connectivity index is 1.88. The zero-order valence-electron chi connectivity index (χ0n) is 16.3. The fourth-order valence-corrected chi connectivity index (χ4v) is 6.24. The minimum absolute atomic E-state index is 0.343. The number of hydrogen-bond donors (Lipinski definition) is 0. The molecule has 0 saturated carbocycles. The van der Waals surface area contributed by atoms with Crippen molar-refractivity contribution in [3.8, 4) is 0 Å². The van der Waals surface area contributed by atoms with E-state index < -0.39 is 10.0 Å². The Morgan fingerprint density at radius 1 is 0.964 bits per heavy atom. The van der Waals surface area contributed by atoms with Crippen LogP contribution in [0.3, 0.4) is 0 Å². The molecular weight excluding hydrogens is 368 g/mol. The van der Waals surface area contributed by atoms with Crippen molar-refractivity contribution in [2.24, 2.45) is 0 Å². The van der Waals surface area contributed by atoms with Gasteiger partial charge in [0, 0.05) is 18.5 Å². The predicted molar refractivity (Wildman–Crippen MR) is 113 cm³/mol. The number of aromatic nitrogens is 1. The summed E-state index contributed by atoms with van der Waals surface area (Å²) in [6.07, 6.45) is 2.86. The lowest BCUT2D eigenvalue weighted by atomic mass is 9.99. The molecule has 0 N–H and O–H groups in total. The van der Waals surface area contributed by atoms with Crippen molar-refractivity contribution in [3.05, 3.63) is 70.9 Å². The zero-order chi connectivity index (χ0) is 19.5. The number of benzene rings is 2. The average molecular weight is 393 g/mol. The number of rotatable bonds is 3. The summed E-state index contributed by atoms with van der Waals surface area (Å²) in [5.74, 6) is 0. The van der Waals surface area contributed by atoms with E-state index in [-0.39, 0.29) is 0 Å². The third-order valence-electron chi connectivity index (χ3n) is 6.11. The highest BCUT2D eigenvalue weighted by Crippen LogP contribution is 2.43. The number of para-hydroxylation sites is 1. The summed E-state index contributed by atoms with van der Waals surface area (Å²) in [6, 6.07) is 15.1. The number of hydrogen-bond acceptors (Lipinski definition) is 3. The van der Waals surface area contributed by atoms with Crippen LogP contribution in [0.2, 0.25) is 0 Å². The van der Waals surface area contributed by atoms with Crippen LogP contribution < -0.4 is 0 Å². The van der Waals surface area contributed by atoms with Crippen LogP contribution in [-0.4, -0.2) is 30.4 Å². The van der Waals surface area contributed by atoms with Crippen LogP contribution in [0.15, 0.2) is 59.0 Å². The van der Waals surface area contributed by atoms with Crippen molar-refractivity contribution in [1.82, 2.24) is 8.87 Å². The Morgan fingerprint density at radius 2 is 1.68 bits per heavy atom. The molecule has 2 aliphatic rings. The largest absolute Gasteiger partial charge is 0.369 e. The maximum atomic E-state index is 13.8. The van der Waals surface area contributed by atoms with Gasteiger partial charge in [0.15, 0.2) is 0 Å². The van der Waals surface area contributed by atoms with Crippen LogP contribution in [0.4, 0.5) is 0 Å². The highest BCUT2D eigenvalue weighted by atomic mass is 32.2. The van der Waals surface area contributed by atoms with Gasteiger partial charge in [-0.3, -0.25) is 0 Å². The quantitative estimate of drug-likeness (QED) is 0.656. The smallest absolute Gasteiger partial charge is 0.268 e. The molecule has 28 heavy (non-hydrogen) atoms. The molecule has 1 aromatic heterocycles. The van der Waals surface area contributed by atoms with Gasteiger partial charge in [-0.25, -0.2) is 12.4 Å². The van der Waals surface area contributed by atoms with E-state index in [0.29, 0.717) is 4.90 Å². The molecule has 0 fully saturated rings. The Bertz CT molecular complexity index is 1220. The minimum Gasteiger partial charge on any atom is -0.369 e. The molecule has 0 atom stereocenters. The average Bonchev–Trinajstić information content (AvgIpc) is 3.27. The SMILES string of the molecule is CCC1=C2c3c(c4ccccc4n3S(=O)(=O)c3ccc(C)cc3)CCN2CC1. The molecule has 0 aliphatic carbocycles. The fourth-order valence-electron chi connectivity index (χ4n) is 4.69. The van der Waals surface area contributed by atoms with E-state index in [2.05, 4.69) is 17.9 Å². The zero-order valence-corrected chi connectivity index (χ0v) is 17.1. The first-order valence-corrected chi connectivity index (χ1v) is 11.4. The van der Waals surface area contributed by atoms with Gasteiger partial charge in [-0.2, -0.15) is 0 Å². The van der Waals surface area contributed by atoms with Gasteiger partial charge in [-0.15, -0.1) is 0 Å². The Hall–Kier alpha value is -2.53. The van der Waals surface area contributed by atoms with Crippen LogP contribution in [0.5, 0.6) is 0 Å². The van der Waals surface area contributed by atoms with E-state index in [1.165, 1.54) is 11.1 Å². The highest BCUT2D eigenvalue weighted by molar-refractivity contribution is 7.90. The Labute approximate surface area is 166 Å². The van der Waals surface area contributed by atoms with Crippen molar-refractivity contribution < 1.29 is 8.42 Å². The molecule has 0 amide bonds. The maximum Gasteiger partial charge on any atom is 0.268 e. The van der Waals surface area contributed by atoms with E-state index in [9.17, 15) is 8.42 Å². The molecule has 0 unspecified atom stereocenters. The van der Waals surface area contributed by atoms with Crippen molar-refractivity contribution in [3.63, 3.8) is 0 Å². The number of fused-ring (bicyclic) bond motifs is 5. The fraction of sp³-hybridized carbons (Fsp3) is 0.304. The van der Waals surface area contributed by atoms with Crippen molar-refractivity contribution in [1.29, 1.82) is 0 Å². The van der Waals surface area contributed by atoms with Crippen molar-refractivity contribution >= 4 is 26.6 Å². The third-order valence-corrected chi connectivity index (χ3v) is 7.84. The molecule has 3 aromatic rings. The lowest BCUT2D eigenvalue weighted by molar-refractivity contribution is 0.417. The summed E-state index contributed by atoms with van der Waals surface area (Å²) in [6.45, 7) is 6.09. The molecule has 0 saturated heterocycles. The van der Waals surface area contributed by atoms with Crippen molar-refractivity contribution in [2.45, 2.75) is 38.0 Å². The van der Waals surface area contributed by atoms with Gasteiger partial charge in [-0.1, -0.05) is 42.8 Å². The highest BCUT2D eigenvalue weighted by Gasteiger charge is 2.36. The molecule has 4 nitrogen and oxygen atoms in total. The predicted octanol–water partition coefficient (Wildman–Crippen LogP) is 4.57. The van der Waals surface area contributed by atoms with Gasteiger partial charge in [0.25, 0.3) is 10.0 Å². The van der Waals surface area contributed by atoms with Gasteiger partial charge in [0.2, 0.25) is 0 Å². The van der Waals surface area contributed by atoms with Gasteiger partial charge < -0.3 is 4.90 Å². The summed E-state index contributed by atoms with van der Waals surface area (Å²) >= 11 is 0.